The highest BCUT2D eigenvalue weighted by molar-refractivity contribution is 6.04. The number of carbonyl (C=O) groups excluding carboxylic acids is 2. The van der Waals surface area contributed by atoms with Crippen LogP contribution in [0.5, 0.6) is 11.5 Å². The summed E-state index contributed by atoms with van der Waals surface area (Å²) < 4.78 is 10.4. The van der Waals surface area contributed by atoms with Crippen LogP contribution in [-0.4, -0.2) is 55.7 Å². The van der Waals surface area contributed by atoms with Gasteiger partial charge in [0.25, 0.3) is 5.91 Å². The molecule has 1 aromatic carbocycles. The number of rotatable bonds is 6. The predicted octanol–water partition coefficient (Wildman–Crippen LogP) is 2.61. The molecule has 1 fully saturated rings. The summed E-state index contributed by atoms with van der Waals surface area (Å²) in [5, 5.41) is 2.78. The number of pyridine rings is 1. The second kappa shape index (κ2) is 7.94. The molecule has 0 atom stereocenters. The van der Waals surface area contributed by atoms with Gasteiger partial charge in [0, 0.05) is 25.2 Å². The number of methoxy groups -OCH3 is 2. The SMILES string of the molecule is CCN1CCN(c2ccc(NC(=O)c3ccc(OC)c(OC)c3)cn2)C1=O. The molecule has 0 aliphatic carbocycles. The lowest BCUT2D eigenvalue weighted by atomic mass is 10.2. The van der Waals surface area contributed by atoms with Gasteiger partial charge >= 0.3 is 6.03 Å². The maximum absolute atomic E-state index is 12.5. The minimum Gasteiger partial charge on any atom is -0.493 e. The van der Waals surface area contributed by atoms with Gasteiger partial charge in [-0.05, 0) is 37.3 Å². The van der Waals surface area contributed by atoms with Crippen molar-refractivity contribution in [1.82, 2.24) is 9.88 Å². The molecule has 3 amide bonds. The zero-order valence-corrected chi connectivity index (χ0v) is 15.6. The fraction of sp³-hybridized carbons (Fsp3) is 0.316. The number of benzene rings is 1. The van der Waals surface area contributed by atoms with Gasteiger partial charge < -0.3 is 19.7 Å². The van der Waals surface area contributed by atoms with E-state index in [0.717, 1.165) is 0 Å². The zero-order valence-electron chi connectivity index (χ0n) is 15.6. The largest absolute Gasteiger partial charge is 0.493 e. The van der Waals surface area contributed by atoms with Crippen LogP contribution in [0.25, 0.3) is 0 Å². The number of likely N-dealkylation sites (N-methyl/N-ethyl adjacent to an activating group) is 1. The van der Waals surface area contributed by atoms with E-state index in [4.69, 9.17) is 9.47 Å². The summed E-state index contributed by atoms with van der Waals surface area (Å²) in [6.45, 7) is 3.92. The number of urea groups is 1. The number of amides is 3. The van der Waals surface area contributed by atoms with Crippen LogP contribution < -0.4 is 19.7 Å². The van der Waals surface area contributed by atoms with Crippen molar-refractivity contribution in [3.05, 3.63) is 42.1 Å². The van der Waals surface area contributed by atoms with Crippen LogP contribution >= 0.6 is 0 Å². The maximum atomic E-state index is 12.5. The number of aromatic nitrogens is 1. The Kier molecular flexibility index (Phi) is 5.44. The molecule has 0 saturated carbocycles. The number of hydrogen-bond donors (Lipinski definition) is 1. The molecule has 0 spiro atoms. The molecule has 2 heterocycles. The Morgan fingerprint density at radius 3 is 2.52 bits per heavy atom. The summed E-state index contributed by atoms with van der Waals surface area (Å²) in [6.07, 6.45) is 1.54. The monoisotopic (exact) mass is 370 g/mol. The molecule has 8 heteroatoms. The molecule has 1 aromatic heterocycles. The van der Waals surface area contributed by atoms with Gasteiger partial charge in [-0.2, -0.15) is 0 Å². The van der Waals surface area contributed by atoms with E-state index < -0.39 is 0 Å². The fourth-order valence-corrected chi connectivity index (χ4v) is 2.89. The van der Waals surface area contributed by atoms with E-state index in [1.165, 1.54) is 20.4 Å². The first-order chi connectivity index (χ1) is 13.1. The van der Waals surface area contributed by atoms with E-state index in [9.17, 15) is 9.59 Å². The van der Waals surface area contributed by atoms with Gasteiger partial charge in [-0.1, -0.05) is 0 Å². The molecule has 1 N–H and O–H groups in total. The Bertz CT molecular complexity index is 838. The van der Waals surface area contributed by atoms with E-state index in [2.05, 4.69) is 10.3 Å². The molecular weight excluding hydrogens is 348 g/mol. The average molecular weight is 370 g/mol. The van der Waals surface area contributed by atoms with Crippen molar-refractivity contribution in [1.29, 1.82) is 0 Å². The Labute approximate surface area is 157 Å². The van der Waals surface area contributed by atoms with Crippen LogP contribution in [0.1, 0.15) is 17.3 Å². The Hall–Kier alpha value is -3.29. The van der Waals surface area contributed by atoms with Crippen LogP contribution in [0.3, 0.4) is 0 Å². The number of carbonyl (C=O) groups is 2. The lowest BCUT2D eigenvalue weighted by Gasteiger charge is -2.16. The van der Waals surface area contributed by atoms with Gasteiger partial charge in [0.1, 0.15) is 5.82 Å². The van der Waals surface area contributed by atoms with Gasteiger partial charge in [-0.25, -0.2) is 9.78 Å². The molecule has 142 valence electrons. The minimum absolute atomic E-state index is 0.0490. The van der Waals surface area contributed by atoms with Gasteiger partial charge in [0.2, 0.25) is 0 Å². The van der Waals surface area contributed by atoms with Gasteiger partial charge in [-0.3, -0.25) is 9.69 Å². The predicted molar refractivity (Wildman–Crippen MR) is 102 cm³/mol. The quantitative estimate of drug-likeness (QED) is 0.845. The third-order valence-electron chi connectivity index (χ3n) is 4.40. The second-order valence-electron chi connectivity index (χ2n) is 5.94. The van der Waals surface area contributed by atoms with Crippen molar-refractivity contribution in [2.45, 2.75) is 6.92 Å². The first kappa shape index (κ1) is 18.5. The normalized spacial score (nSPS) is 13.7. The second-order valence-corrected chi connectivity index (χ2v) is 5.94. The number of hydrogen-bond acceptors (Lipinski definition) is 5. The third-order valence-corrected chi connectivity index (χ3v) is 4.40. The number of ether oxygens (including phenoxy) is 2. The molecule has 0 unspecified atom stereocenters. The molecule has 1 aliphatic rings. The van der Waals surface area contributed by atoms with Crippen molar-refractivity contribution in [2.24, 2.45) is 0 Å². The van der Waals surface area contributed by atoms with Gasteiger partial charge in [0.05, 0.1) is 26.1 Å². The van der Waals surface area contributed by atoms with Gasteiger partial charge in [0.15, 0.2) is 11.5 Å². The fourth-order valence-electron chi connectivity index (χ4n) is 2.89. The first-order valence-corrected chi connectivity index (χ1v) is 8.63. The molecule has 1 saturated heterocycles. The maximum Gasteiger partial charge on any atom is 0.325 e. The molecule has 0 radical (unpaired) electrons. The average Bonchev–Trinajstić information content (AvgIpc) is 3.08. The highest BCUT2D eigenvalue weighted by atomic mass is 16.5. The summed E-state index contributed by atoms with van der Waals surface area (Å²) in [4.78, 5) is 32.4. The van der Waals surface area contributed by atoms with E-state index in [1.807, 2.05) is 6.92 Å². The van der Waals surface area contributed by atoms with Crippen LogP contribution in [0.2, 0.25) is 0 Å². The molecular formula is C19H22N4O4. The zero-order chi connectivity index (χ0) is 19.4. The summed E-state index contributed by atoms with van der Waals surface area (Å²) >= 11 is 0. The Morgan fingerprint density at radius 1 is 1.15 bits per heavy atom. The van der Waals surface area contributed by atoms with Crippen LogP contribution in [0.15, 0.2) is 36.5 Å². The van der Waals surface area contributed by atoms with Crippen LogP contribution in [0, 0.1) is 0 Å². The topological polar surface area (TPSA) is 84.0 Å². The van der Waals surface area contributed by atoms with E-state index in [1.54, 1.807) is 40.1 Å². The smallest absolute Gasteiger partial charge is 0.325 e. The van der Waals surface area contributed by atoms with Crippen LogP contribution in [-0.2, 0) is 0 Å². The number of anilines is 2. The lowest BCUT2D eigenvalue weighted by molar-refractivity contribution is 0.102. The van der Waals surface area contributed by atoms with Crippen molar-refractivity contribution < 1.29 is 19.1 Å². The summed E-state index contributed by atoms with van der Waals surface area (Å²) in [5.74, 6) is 1.31. The third kappa shape index (κ3) is 3.79. The van der Waals surface area contributed by atoms with E-state index in [0.29, 0.717) is 48.2 Å². The molecule has 3 rings (SSSR count). The Balaban J connectivity index is 1.70. The van der Waals surface area contributed by atoms with E-state index >= 15 is 0 Å². The van der Waals surface area contributed by atoms with Crippen molar-refractivity contribution in [2.75, 3.05) is 44.1 Å². The standard InChI is InChI=1S/C19H22N4O4/c1-4-22-9-10-23(19(22)25)17-8-6-14(12-20-17)21-18(24)13-5-7-15(26-2)16(11-13)27-3/h5-8,11-12H,4,9-10H2,1-3H3,(H,21,24). The summed E-state index contributed by atoms with van der Waals surface area (Å²) in [7, 11) is 3.05. The number of nitrogens with one attached hydrogen (secondary N) is 1. The highest BCUT2D eigenvalue weighted by Crippen LogP contribution is 2.28. The van der Waals surface area contributed by atoms with Crippen LogP contribution in [0.4, 0.5) is 16.3 Å². The van der Waals surface area contributed by atoms with Crippen molar-refractivity contribution >= 4 is 23.4 Å². The highest BCUT2D eigenvalue weighted by Gasteiger charge is 2.28. The summed E-state index contributed by atoms with van der Waals surface area (Å²) in [5.41, 5.74) is 0.975. The van der Waals surface area contributed by atoms with Crippen molar-refractivity contribution in [3.63, 3.8) is 0 Å². The van der Waals surface area contributed by atoms with Gasteiger partial charge in [-0.15, -0.1) is 0 Å². The lowest BCUT2D eigenvalue weighted by Crippen LogP contribution is -2.32. The van der Waals surface area contributed by atoms with Crippen molar-refractivity contribution in [3.8, 4) is 11.5 Å². The number of nitrogens with zero attached hydrogens (tertiary/aromatic N) is 3. The minimum atomic E-state index is -0.292. The molecule has 1 aliphatic heterocycles. The molecule has 2 aromatic rings. The molecule has 8 nitrogen and oxygen atoms in total. The first-order valence-electron chi connectivity index (χ1n) is 8.63. The summed E-state index contributed by atoms with van der Waals surface area (Å²) in [6, 6.07) is 8.34. The Morgan fingerprint density at radius 2 is 1.93 bits per heavy atom. The molecule has 27 heavy (non-hydrogen) atoms. The van der Waals surface area contributed by atoms with E-state index in [-0.39, 0.29) is 11.9 Å². The molecule has 0 bridgehead atoms.